The number of benzene rings is 1. The molecule has 0 fully saturated rings. The third kappa shape index (κ3) is 7.85. The van der Waals surface area contributed by atoms with E-state index in [1.165, 1.54) is 0 Å². The largest absolute Gasteiger partial charge is 0.493 e. The fourth-order valence-corrected chi connectivity index (χ4v) is 1.59. The van der Waals surface area contributed by atoms with Crippen LogP contribution < -0.4 is 10.5 Å². The predicted octanol–water partition coefficient (Wildman–Crippen LogP) is 3.37. The second kappa shape index (κ2) is 8.18. The third-order valence-corrected chi connectivity index (χ3v) is 2.83. The van der Waals surface area contributed by atoms with E-state index in [1.54, 1.807) is 0 Å². The van der Waals surface area contributed by atoms with Gasteiger partial charge in [0.25, 0.3) is 0 Å². The molecular formula is C16H27NO2. The van der Waals surface area contributed by atoms with Crippen LogP contribution in [0.25, 0.3) is 0 Å². The number of nitrogens with two attached hydrogens (primary N) is 1. The summed E-state index contributed by atoms with van der Waals surface area (Å²) in [6.07, 6.45) is 2.00. The molecule has 0 aliphatic heterocycles. The van der Waals surface area contributed by atoms with E-state index < -0.39 is 0 Å². The van der Waals surface area contributed by atoms with Gasteiger partial charge in [0.1, 0.15) is 5.75 Å². The first kappa shape index (κ1) is 16.0. The lowest BCUT2D eigenvalue weighted by Gasteiger charge is -2.17. The molecule has 0 aromatic heterocycles. The van der Waals surface area contributed by atoms with E-state index in [-0.39, 0.29) is 0 Å². The lowest BCUT2D eigenvalue weighted by molar-refractivity contribution is 0.0973. The predicted molar refractivity (Wildman–Crippen MR) is 79.3 cm³/mol. The van der Waals surface area contributed by atoms with Crippen molar-refractivity contribution in [3.05, 3.63) is 29.8 Å². The third-order valence-electron chi connectivity index (χ3n) is 2.83. The molecule has 2 N–H and O–H groups in total. The second-order valence-electron chi connectivity index (χ2n) is 5.98. The molecule has 108 valence electrons. The van der Waals surface area contributed by atoms with Crippen molar-refractivity contribution in [1.82, 2.24) is 0 Å². The molecule has 3 nitrogen and oxygen atoms in total. The van der Waals surface area contributed by atoms with Crippen LogP contribution in [-0.2, 0) is 11.3 Å². The highest BCUT2D eigenvalue weighted by atomic mass is 16.5. The van der Waals surface area contributed by atoms with Crippen molar-refractivity contribution in [3.8, 4) is 5.75 Å². The van der Waals surface area contributed by atoms with Gasteiger partial charge in [-0.1, -0.05) is 32.9 Å². The Labute approximate surface area is 117 Å². The van der Waals surface area contributed by atoms with Crippen LogP contribution in [0, 0.1) is 5.41 Å². The van der Waals surface area contributed by atoms with Crippen LogP contribution >= 0.6 is 0 Å². The molecule has 1 aromatic carbocycles. The lowest BCUT2D eigenvalue weighted by Crippen LogP contribution is -2.11. The summed E-state index contributed by atoms with van der Waals surface area (Å²) < 4.78 is 11.3. The van der Waals surface area contributed by atoms with E-state index in [4.69, 9.17) is 15.2 Å². The molecule has 1 aromatic rings. The average molecular weight is 265 g/mol. The van der Waals surface area contributed by atoms with E-state index >= 15 is 0 Å². The minimum Gasteiger partial charge on any atom is -0.493 e. The SMILES string of the molecule is CC(C)(C)CCOCCCOc1cccc(CN)c1. The summed E-state index contributed by atoms with van der Waals surface area (Å²) >= 11 is 0. The van der Waals surface area contributed by atoms with Crippen molar-refractivity contribution in [2.75, 3.05) is 19.8 Å². The lowest BCUT2D eigenvalue weighted by atomic mass is 9.93. The Morgan fingerprint density at radius 2 is 1.89 bits per heavy atom. The van der Waals surface area contributed by atoms with Crippen molar-refractivity contribution < 1.29 is 9.47 Å². The van der Waals surface area contributed by atoms with Crippen molar-refractivity contribution in [1.29, 1.82) is 0 Å². The summed E-state index contributed by atoms with van der Waals surface area (Å²) in [7, 11) is 0. The van der Waals surface area contributed by atoms with Crippen LogP contribution in [0.2, 0.25) is 0 Å². The van der Waals surface area contributed by atoms with Crippen LogP contribution in [0.1, 0.15) is 39.2 Å². The maximum atomic E-state index is 5.66. The highest BCUT2D eigenvalue weighted by Gasteiger charge is 2.08. The Kier molecular flexibility index (Phi) is 6.89. The fourth-order valence-electron chi connectivity index (χ4n) is 1.59. The molecule has 0 atom stereocenters. The fraction of sp³-hybridized carbons (Fsp3) is 0.625. The normalized spacial score (nSPS) is 11.6. The highest BCUT2D eigenvalue weighted by molar-refractivity contribution is 5.28. The Hall–Kier alpha value is -1.06. The van der Waals surface area contributed by atoms with Gasteiger partial charge in [-0.15, -0.1) is 0 Å². The zero-order chi connectivity index (χ0) is 14.1. The van der Waals surface area contributed by atoms with Gasteiger partial charge in [-0.2, -0.15) is 0 Å². The summed E-state index contributed by atoms with van der Waals surface area (Å²) in [6.45, 7) is 9.49. The van der Waals surface area contributed by atoms with Gasteiger partial charge in [-0.3, -0.25) is 0 Å². The number of hydrogen-bond acceptors (Lipinski definition) is 3. The van der Waals surface area contributed by atoms with Crippen molar-refractivity contribution in [3.63, 3.8) is 0 Å². The van der Waals surface area contributed by atoms with Gasteiger partial charge in [0.15, 0.2) is 0 Å². The molecule has 3 heteroatoms. The molecule has 0 spiro atoms. The smallest absolute Gasteiger partial charge is 0.119 e. The number of hydrogen-bond donors (Lipinski definition) is 1. The summed E-state index contributed by atoms with van der Waals surface area (Å²) in [5, 5.41) is 0. The molecule has 0 unspecified atom stereocenters. The van der Waals surface area contributed by atoms with Gasteiger partial charge in [0, 0.05) is 26.2 Å². The first-order chi connectivity index (χ1) is 9.01. The van der Waals surface area contributed by atoms with E-state index in [0.29, 0.717) is 18.6 Å². The summed E-state index contributed by atoms with van der Waals surface area (Å²) in [5.41, 5.74) is 7.03. The van der Waals surface area contributed by atoms with E-state index in [0.717, 1.165) is 37.4 Å². The van der Waals surface area contributed by atoms with Gasteiger partial charge in [-0.05, 0) is 29.5 Å². The van der Waals surface area contributed by atoms with Gasteiger partial charge in [-0.25, -0.2) is 0 Å². The summed E-state index contributed by atoms with van der Waals surface area (Å²) in [5.74, 6) is 0.887. The van der Waals surface area contributed by atoms with Gasteiger partial charge in [0.05, 0.1) is 6.61 Å². The number of ether oxygens (including phenoxy) is 2. The first-order valence-corrected chi connectivity index (χ1v) is 7.01. The Morgan fingerprint density at radius 3 is 2.58 bits per heavy atom. The van der Waals surface area contributed by atoms with Crippen molar-refractivity contribution >= 4 is 0 Å². The molecule has 0 radical (unpaired) electrons. The molecular weight excluding hydrogens is 238 g/mol. The van der Waals surface area contributed by atoms with Crippen molar-refractivity contribution in [2.45, 2.75) is 40.2 Å². The topological polar surface area (TPSA) is 44.5 Å². The monoisotopic (exact) mass is 265 g/mol. The summed E-state index contributed by atoms with van der Waals surface area (Å²) in [4.78, 5) is 0. The summed E-state index contributed by atoms with van der Waals surface area (Å²) in [6, 6.07) is 7.92. The zero-order valence-corrected chi connectivity index (χ0v) is 12.4. The molecule has 0 aliphatic rings. The Bertz CT molecular complexity index is 358. The molecule has 0 heterocycles. The van der Waals surface area contributed by atoms with E-state index in [2.05, 4.69) is 20.8 Å². The van der Waals surface area contributed by atoms with Crippen LogP contribution in [0.15, 0.2) is 24.3 Å². The number of rotatable bonds is 8. The molecule has 0 bridgehead atoms. The van der Waals surface area contributed by atoms with Crippen LogP contribution in [0.4, 0.5) is 0 Å². The molecule has 0 amide bonds. The maximum Gasteiger partial charge on any atom is 0.119 e. The average Bonchev–Trinajstić information content (AvgIpc) is 2.36. The second-order valence-corrected chi connectivity index (χ2v) is 5.98. The van der Waals surface area contributed by atoms with Crippen LogP contribution in [0.5, 0.6) is 5.75 Å². The van der Waals surface area contributed by atoms with Crippen LogP contribution in [0.3, 0.4) is 0 Å². The zero-order valence-electron chi connectivity index (χ0n) is 12.4. The standard InChI is InChI=1S/C16H27NO2/c1-16(2,3)8-11-18-9-5-10-19-15-7-4-6-14(12-15)13-17/h4,6-7,12H,5,8-11,13,17H2,1-3H3. The minimum atomic E-state index is 0.346. The molecule has 0 saturated carbocycles. The quantitative estimate of drug-likeness (QED) is 0.733. The van der Waals surface area contributed by atoms with E-state index in [1.807, 2.05) is 24.3 Å². The molecule has 19 heavy (non-hydrogen) atoms. The minimum absolute atomic E-state index is 0.346. The Balaban J connectivity index is 2.07. The van der Waals surface area contributed by atoms with Gasteiger partial charge in [0.2, 0.25) is 0 Å². The molecule has 0 aliphatic carbocycles. The highest BCUT2D eigenvalue weighted by Crippen LogP contribution is 2.18. The molecule has 0 saturated heterocycles. The Morgan fingerprint density at radius 1 is 1.11 bits per heavy atom. The van der Waals surface area contributed by atoms with Gasteiger partial charge >= 0.3 is 0 Å². The van der Waals surface area contributed by atoms with Gasteiger partial charge < -0.3 is 15.2 Å². The first-order valence-electron chi connectivity index (χ1n) is 7.01. The molecule has 1 rings (SSSR count). The van der Waals surface area contributed by atoms with Crippen LogP contribution in [-0.4, -0.2) is 19.8 Å². The van der Waals surface area contributed by atoms with Crippen molar-refractivity contribution in [2.24, 2.45) is 11.1 Å². The maximum absolute atomic E-state index is 5.66. The van der Waals surface area contributed by atoms with E-state index in [9.17, 15) is 0 Å².